The Balaban J connectivity index is 2.54. The van der Waals surface area contributed by atoms with Crippen LogP contribution in [0.5, 0.6) is 0 Å². The summed E-state index contributed by atoms with van der Waals surface area (Å²) in [5, 5.41) is 3.33. The standard InChI is InChI=1S/C10H4F2N2O2/c11-6-2-1-3-7(12)10(6)8-4-9(13-5-15)14-16-8/h1-4H. The topological polar surface area (TPSA) is 55.5 Å². The Morgan fingerprint density at radius 1 is 1.31 bits per heavy atom. The lowest BCUT2D eigenvalue weighted by Crippen LogP contribution is -1.87. The van der Waals surface area contributed by atoms with Crippen LogP contribution in [-0.2, 0) is 4.79 Å². The Hall–Kier alpha value is -2.33. The van der Waals surface area contributed by atoms with Crippen LogP contribution in [-0.4, -0.2) is 11.2 Å². The minimum Gasteiger partial charge on any atom is -0.354 e. The minimum atomic E-state index is -0.780. The van der Waals surface area contributed by atoms with Crippen molar-refractivity contribution in [1.82, 2.24) is 5.16 Å². The molecular weight excluding hydrogens is 218 g/mol. The van der Waals surface area contributed by atoms with Gasteiger partial charge in [-0.3, -0.25) is 0 Å². The third-order valence-electron chi connectivity index (χ3n) is 1.87. The van der Waals surface area contributed by atoms with Crippen LogP contribution in [0.3, 0.4) is 0 Å². The Kier molecular flexibility index (Phi) is 2.57. The summed E-state index contributed by atoms with van der Waals surface area (Å²) in [6.07, 6.45) is 1.24. The third kappa shape index (κ3) is 1.74. The van der Waals surface area contributed by atoms with Crippen LogP contribution in [0.25, 0.3) is 11.3 Å². The molecule has 1 heterocycles. The van der Waals surface area contributed by atoms with Gasteiger partial charge < -0.3 is 4.52 Å². The van der Waals surface area contributed by atoms with E-state index in [1.165, 1.54) is 12.1 Å². The molecule has 0 spiro atoms. The van der Waals surface area contributed by atoms with Crippen molar-refractivity contribution in [3.63, 3.8) is 0 Å². The van der Waals surface area contributed by atoms with E-state index >= 15 is 0 Å². The number of hydrogen-bond acceptors (Lipinski definition) is 4. The van der Waals surface area contributed by atoms with Crippen molar-refractivity contribution >= 4 is 11.9 Å². The summed E-state index contributed by atoms with van der Waals surface area (Å²) in [5.41, 5.74) is -0.345. The van der Waals surface area contributed by atoms with Crippen LogP contribution in [0.15, 0.2) is 33.8 Å². The smallest absolute Gasteiger partial charge is 0.242 e. The summed E-state index contributed by atoms with van der Waals surface area (Å²) in [5.74, 6) is -1.78. The maximum absolute atomic E-state index is 13.3. The summed E-state index contributed by atoms with van der Waals surface area (Å²) in [6.45, 7) is 0. The first-order chi connectivity index (χ1) is 7.72. The van der Waals surface area contributed by atoms with Crippen molar-refractivity contribution in [2.75, 3.05) is 0 Å². The highest BCUT2D eigenvalue weighted by molar-refractivity contribution is 5.62. The van der Waals surface area contributed by atoms with E-state index in [1.807, 2.05) is 0 Å². The monoisotopic (exact) mass is 222 g/mol. The normalized spacial score (nSPS) is 9.88. The van der Waals surface area contributed by atoms with E-state index in [-0.39, 0.29) is 17.1 Å². The van der Waals surface area contributed by atoms with Gasteiger partial charge >= 0.3 is 0 Å². The van der Waals surface area contributed by atoms with Gasteiger partial charge in [-0.2, -0.15) is 0 Å². The molecule has 2 aromatic rings. The van der Waals surface area contributed by atoms with Crippen LogP contribution in [0.4, 0.5) is 14.6 Å². The summed E-state index contributed by atoms with van der Waals surface area (Å²) < 4.78 is 31.3. The van der Waals surface area contributed by atoms with Crippen molar-refractivity contribution in [2.45, 2.75) is 0 Å². The molecule has 1 aromatic heterocycles. The molecule has 80 valence electrons. The quantitative estimate of drug-likeness (QED) is 0.579. The zero-order valence-electron chi connectivity index (χ0n) is 7.78. The Bertz CT molecular complexity index is 554. The van der Waals surface area contributed by atoms with Crippen molar-refractivity contribution in [2.24, 2.45) is 4.99 Å². The second-order valence-electron chi connectivity index (χ2n) is 2.85. The van der Waals surface area contributed by atoms with Gasteiger partial charge in [0.2, 0.25) is 11.9 Å². The fraction of sp³-hybridized carbons (Fsp3) is 0. The average molecular weight is 222 g/mol. The van der Waals surface area contributed by atoms with Crippen LogP contribution < -0.4 is 0 Å². The van der Waals surface area contributed by atoms with E-state index in [0.29, 0.717) is 0 Å². The van der Waals surface area contributed by atoms with Gasteiger partial charge in [0.05, 0.1) is 5.56 Å². The number of rotatable bonds is 2. The van der Waals surface area contributed by atoms with Gasteiger partial charge in [0.15, 0.2) is 5.76 Å². The second-order valence-corrected chi connectivity index (χ2v) is 2.85. The molecule has 0 atom stereocenters. The van der Waals surface area contributed by atoms with Crippen molar-refractivity contribution in [3.8, 4) is 11.3 Å². The first kappa shape index (κ1) is 10.2. The van der Waals surface area contributed by atoms with Crippen molar-refractivity contribution in [3.05, 3.63) is 35.9 Å². The summed E-state index contributed by atoms with van der Waals surface area (Å²) in [7, 11) is 0. The van der Waals surface area contributed by atoms with Crippen LogP contribution >= 0.6 is 0 Å². The highest BCUT2D eigenvalue weighted by Gasteiger charge is 2.15. The molecule has 0 N–H and O–H groups in total. The van der Waals surface area contributed by atoms with Crippen molar-refractivity contribution < 1.29 is 18.1 Å². The molecule has 2 rings (SSSR count). The summed E-state index contributed by atoms with van der Waals surface area (Å²) in [6, 6.07) is 4.55. The fourth-order valence-corrected chi connectivity index (χ4v) is 1.22. The highest BCUT2D eigenvalue weighted by Crippen LogP contribution is 2.28. The van der Waals surface area contributed by atoms with Gasteiger partial charge in [0, 0.05) is 6.07 Å². The number of aliphatic imine (C=N–C) groups is 1. The van der Waals surface area contributed by atoms with Gasteiger partial charge in [-0.05, 0) is 12.1 Å². The molecule has 0 aliphatic heterocycles. The van der Waals surface area contributed by atoms with E-state index in [2.05, 4.69) is 14.7 Å². The molecule has 6 heteroatoms. The van der Waals surface area contributed by atoms with E-state index in [9.17, 15) is 13.6 Å². The van der Waals surface area contributed by atoms with Gasteiger partial charge in [0.1, 0.15) is 11.6 Å². The van der Waals surface area contributed by atoms with E-state index in [0.717, 1.165) is 18.2 Å². The lowest BCUT2D eigenvalue weighted by atomic mass is 10.1. The second kappa shape index (κ2) is 4.04. The van der Waals surface area contributed by atoms with Gasteiger partial charge in [-0.15, -0.1) is 4.99 Å². The summed E-state index contributed by atoms with van der Waals surface area (Å²) in [4.78, 5) is 13.1. The number of benzene rings is 1. The van der Waals surface area contributed by atoms with E-state index < -0.39 is 11.6 Å². The molecule has 0 fully saturated rings. The molecule has 1 aromatic carbocycles. The van der Waals surface area contributed by atoms with Gasteiger partial charge in [-0.25, -0.2) is 13.6 Å². The average Bonchev–Trinajstić information content (AvgIpc) is 2.67. The molecule has 0 bridgehead atoms. The number of hydrogen-bond donors (Lipinski definition) is 0. The Morgan fingerprint density at radius 3 is 2.62 bits per heavy atom. The predicted octanol–water partition coefficient (Wildman–Crippen LogP) is 2.59. The zero-order valence-corrected chi connectivity index (χ0v) is 7.78. The lowest BCUT2D eigenvalue weighted by Gasteiger charge is -1.98. The molecule has 0 unspecified atom stereocenters. The molecule has 4 nitrogen and oxygen atoms in total. The SMILES string of the molecule is O=C=Nc1cc(-c2c(F)cccc2F)on1. The van der Waals surface area contributed by atoms with Gasteiger partial charge in [0.25, 0.3) is 0 Å². The fourth-order valence-electron chi connectivity index (χ4n) is 1.22. The van der Waals surface area contributed by atoms with Crippen LogP contribution in [0.2, 0.25) is 0 Å². The highest BCUT2D eigenvalue weighted by atomic mass is 19.1. The van der Waals surface area contributed by atoms with Crippen LogP contribution in [0.1, 0.15) is 0 Å². The number of halogens is 2. The first-order valence-electron chi connectivity index (χ1n) is 4.21. The first-order valence-corrected chi connectivity index (χ1v) is 4.21. The molecule has 0 saturated carbocycles. The summed E-state index contributed by atoms with van der Waals surface area (Å²) >= 11 is 0. The largest absolute Gasteiger partial charge is 0.354 e. The maximum Gasteiger partial charge on any atom is 0.242 e. The Morgan fingerprint density at radius 2 is 2.00 bits per heavy atom. The molecule has 0 aliphatic rings. The number of nitrogens with zero attached hydrogens (tertiary/aromatic N) is 2. The third-order valence-corrected chi connectivity index (χ3v) is 1.87. The number of aromatic nitrogens is 1. The van der Waals surface area contributed by atoms with Gasteiger partial charge in [-0.1, -0.05) is 11.2 Å². The lowest BCUT2D eigenvalue weighted by molar-refractivity contribution is 0.428. The zero-order chi connectivity index (χ0) is 11.5. The van der Waals surface area contributed by atoms with E-state index in [1.54, 1.807) is 0 Å². The number of carbonyl (C=O) groups excluding carboxylic acids is 1. The predicted molar refractivity (Wildman–Crippen MR) is 49.6 cm³/mol. The molecule has 0 saturated heterocycles. The molecule has 0 aliphatic carbocycles. The number of isocyanates is 1. The molecular formula is C10H4F2N2O2. The molecule has 16 heavy (non-hydrogen) atoms. The van der Waals surface area contributed by atoms with Crippen LogP contribution in [0, 0.1) is 11.6 Å². The van der Waals surface area contributed by atoms with E-state index in [4.69, 9.17) is 0 Å². The maximum atomic E-state index is 13.3. The molecule has 0 amide bonds. The molecule has 0 radical (unpaired) electrons. The minimum absolute atomic E-state index is 0.0901. The van der Waals surface area contributed by atoms with Crippen molar-refractivity contribution in [1.29, 1.82) is 0 Å². The Labute approximate surface area is 88.2 Å².